The molecule has 0 radical (unpaired) electrons. The molecular formula is C9H16N2O3S. The van der Waals surface area contributed by atoms with Crippen molar-refractivity contribution in [2.75, 3.05) is 0 Å². The zero-order chi connectivity index (χ0) is 11.8. The zero-order valence-electron chi connectivity index (χ0n) is 8.99. The van der Waals surface area contributed by atoms with Crippen LogP contribution in [0.15, 0.2) is 0 Å². The van der Waals surface area contributed by atoms with Crippen molar-refractivity contribution in [1.29, 1.82) is 0 Å². The molecule has 6 heteroatoms. The highest BCUT2D eigenvalue weighted by Gasteiger charge is 2.17. The minimum Gasteiger partial charge on any atom is -0.397 e. The highest BCUT2D eigenvalue weighted by atomic mass is 32.1. The van der Waals surface area contributed by atoms with Crippen molar-refractivity contribution in [2.45, 2.75) is 39.5 Å². The van der Waals surface area contributed by atoms with E-state index in [9.17, 15) is 9.59 Å². The van der Waals surface area contributed by atoms with E-state index in [1.807, 2.05) is 13.8 Å². The van der Waals surface area contributed by atoms with Gasteiger partial charge in [0.1, 0.15) is 0 Å². The maximum Gasteiger partial charge on any atom is 0.313 e. The van der Waals surface area contributed by atoms with Gasteiger partial charge >= 0.3 is 5.97 Å². The second-order valence-electron chi connectivity index (χ2n) is 3.00. The Labute approximate surface area is 94.5 Å². The van der Waals surface area contributed by atoms with E-state index < -0.39 is 5.97 Å². The topological polar surface area (TPSA) is 72.6 Å². The van der Waals surface area contributed by atoms with Crippen LogP contribution in [0.2, 0.25) is 0 Å². The first-order valence-corrected chi connectivity index (χ1v) is 5.26. The average molecular weight is 232 g/mol. The number of rotatable bonds is 4. The lowest BCUT2D eigenvalue weighted by Crippen LogP contribution is -2.43. The fourth-order valence-corrected chi connectivity index (χ4v) is 1.03. The van der Waals surface area contributed by atoms with Crippen molar-refractivity contribution in [3.8, 4) is 0 Å². The lowest BCUT2D eigenvalue weighted by molar-refractivity contribution is -0.137. The molecule has 0 saturated carbocycles. The van der Waals surface area contributed by atoms with E-state index in [4.69, 9.17) is 22.8 Å². The van der Waals surface area contributed by atoms with Crippen LogP contribution < -0.4 is 5.84 Å². The Morgan fingerprint density at radius 1 is 1.27 bits per heavy atom. The van der Waals surface area contributed by atoms with Gasteiger partial charge in [-0.1, -0.05) is 13.8 Å². The molecule has 0 spiro atoms. The number of nitrogens with zero attached hydrogens (tertiary/aromatic N) is 1. The molecule has 0 saturated heterocycles. The van der Waals surface area contributed by atoms with Gasteiger partial charge < -0.3 is 4.74 Å². The van der Waals surface area contributed by atoms with E-state index >= 15 is 0 Å². The number of thiocarbonyl (C=S) groups is 1. The molecule has 0 heterocycles. The van der Waals surface area contributed by atoms with Crippen LogP contribution >= 0.6 is 12.2 Å². The van der Waals surface area contributed by atoms with Crippen molar-refractivity contribution in [2.24, 2.45) is 5.84 Å². The van der Waals surface area contributed by atoms with Crippen LogP contribution in [-0.4, -0.2) is 22.1 Å². The lowest BCUT2D eigenvalue weighted by Gasteiger charge is -2.15. The van der Waals surface area contributed by atoms with Gasteiger partial charge in [-0.2, -0.15) is 0 Å². The van der Waals surface area contributed by atoms with Crippen molar-refractivity contribution >= 4 is 29.3 Å². The van der Waals surface area contributed by atoms with Crippen LogP contribution in [0.25, 0.3) is 0 Å². The summed E-state index contributed by atoms with van der Waals surface area (Å²) in [6.07, 6.45) is 1.87. The Bertz CT molecular complexity index is 256. The minimum absolute atomic E-state index is 0.260. The summed E-state index contributed by atoms with van der Waals surface area (Å²) >= 11 is 4.69. The van der Waals surface area contributed by atoms with E-state index in [1.54, 1.807) is 0 Å². The SMILES string of the molecule is CCCC(=O)OC(=S)N(N)C(=O)CCC. The summed E-state index contributed by atoms with van der Waals surface area (Å²) in [5.41, 5.74) is 0. The van der Waals surface area contributed by atoms with Gasteiger partial charge in [0.25, 0.3) is 5.17 Å². The number of nitrogens with two attached hydrogens (primary N) is 1. The highest BCUT2D eigenvalue weighted by molar-refractivity contribution is 7.80. The number of carbonyl (C=O) groups excluding carboxylic acids is 2. The average Bonchev–Trinajstić information content (AvgIpc) is 2.17. The summed E-state index contributed by atoms with van der Waals surface area (Å²) < 4.78 is 4.69. The molecule has 0 atom stereocenters. The number of esters is 1. The van der Waals surface area contributed by atoms with Crippen LogP contribution in [0.4, 0.5) is 0 Å². The van der Waals surface area contributed by atoms with Gasteiger partial charge in [-0.15, -0.1) is 0 Å². The molecule has 0 aliphatic carbocycles. The standard InChI is InChI=1S/C9H16N2O3S/c1-3-5-7(12)11(10)9(15)14-8(13)6-4-2/h3-6,10H2,1-2H3. The second-order valence-corrected chi connectivity index (χ2v) is 3.35. The molecule has 0 fully saturated rings. The number of hydrogen-bond donors (Lipinski definition) is 1. The number of carbonyl (C=O) groups is 2. The van der Waals surface area contributed by atoms with Gasteiger partial charge in [0.2, 0.25) is 5.91 Å². The quantitative estimate of drug-likeness (QED) is 0.258. The van der Waals surface area contributed by atoms with E-state index in [-0.39, 0.29) is 23.9 Å². The van der Waals surface area contributed by atoms with E-state index in [0.29, 0.717) is 17.9 Å². The predicted molar refractivity (Wildman–Crippen MR) is 59.5 cm³/mol. The van der Waals surface area contributed by atoms with Crippen molar-refractivity contribution in [3.05, 3.63) is 0 Å². The first kappa shape index (κ1) is 14.0. The third kappa shape index (κ3) is 5.44. The molecule has 0 aliphatic rings. The molecule has 0 aromatic carbocycles. The van der Waals surface area contributed by atoms with Crippen molar-refractivity contribution < 1.29 is 14.3 Å². The first-order chi connectivity index (χ1) is 7.02. The molecule has 0 aromatic heterocycles. The molecule has 0 unspecified atom stereocenters. The van der Waals surface area contributed by atoms with Crippen LogP contribution in [0.5, 0.6) is 0 Å². The summed E-state index contributed by atoms with van der Waals surface area (Å²) in [5, 5.41) is 0.416. The number of ether oxygens (including phenoxy) is 1. The highest BCUT2D eigenvalue weighted by Crippen LogP contribution is 1.99. The Kier molecular flexibility index (Phi) is 6.81. The molecule has 0 bridgehead atoms. The molecule has 0 aromatic rings. The smallest absolute Gasteiger partial charge is 0.313 e. The van der Waals surface area contributed by atoms with Crippen molar-refractivity contribution in [1.82, 2.24) is 5.01 Å². The predicted octanol–water partition coefficient (Wildman–Crippen LogP) is 1.12. The fraction of sp³-hybridized carbons (Fsp3) is 0.667. The Morgan fingerprint density at radius 2 is 1.80 bits per heavy atom. The largest absolute Gasteiger partial charge is 0.397 e. The van der Waals surface area contributed by atoms with Crippen LogP contribution in [0.1, 0.15) is 39.5 Å². The van der Waals surface area contributed by atoms with Crippen LogP contribution in [-0.2, 0) is 14.3 Å². The summed E-state index contributed by atoms with van der Waals surface area (Å²) in [5.74, 6) is 4.53. The van der Waals surface area contributed by atoms with E-state index in [0.717, 1.165) is 0 Å². The summed E-state index contributed by atoms with van der Waals surface area (Å²) in [6, 6.07) is 0. The first-order valence-electron chi connectivity index (χ1n) is 4.85. The third-order valence-corrected chi connectivity index (χ3v) is 1.86. The number of hydrazine groups is 1. The second kappa shape index (κ2) is 7.30. The maximum atomic E-state index is 11.2. The van der Waals surface area contributed by atoms with Crippen LogP contribution in [0.3, 0.4) is 0 Å². The summed E-state index contributed by atoms with van der Waals surface area (Å²) in [6.45, 7) is 3.69. The minimum atomic E-state index is -0.470. The molecule has 2 N–H and O–H groups in total. The fourth-order valence-electron chi connectivity index (χ4n) is 0.838. The Morgan fingerprint density at radius 3 is 2.27 bits per heavy atom. The monoisotopic (exact) mass is 232 g/mol. The van der Waals surface area contributed by atoms with E-state index in [1.165, 1.54) is 0 Å². The normalized spacial score (nSPS) is 9.53. The van der Waals surface area contributed by atoms with Gasteiger partial charge in [0.15, 0.2) is 0 Å². The molecule has 1 amide bonds. The molecule has 0 rings (SSSR count). The van der Waals surface area contributed by atoms with Crippen molar-refractivity contribution in [3.63, 3.8) is 0 Å². The van der Waals surface area contributed by atoms with Gasteiger partial charge in [0, 0.05) is 12.8 Å². The molecule has 0 aliphatic heterocycles. The van der Waals surface area contributed by atoms with Gasteiger partial charge in [-0.25, -0.2) is 10.9 Å². The third-order valence-electron chi connectivity index (χ3n) is 1.58. The summed E-state index contributed by atoms with van der Waals surface area (Å²) in [7, 11) is 0. The molecule has 15 heavy (non-hydrogen) atoms. The van der Waals surface area contributed by atoms with E-state index in [2.05, 4.69) is 0 Å². The zero-order valence-corrected chi connectivity index (χ0v) is 9.80. The van der Waals surface area contributed by atoms with Gasteiger partial charge in [0.05, 0.1) is 0 Å². The Hall–Kier alpha value is -1.01. The van der Waals surface area contributed by atoms with Crippen LogP contribution in [0, 0.1) is 0 Å². The lowest BCUT2D eigenvalue weighted by atomic mass is 10.3. The molecule has 86 valence electrons. The van der Waals surface area contributed by atoms with Gasteiger partial charge in [-0.3, -0.25) is 9.59 Å². The number of amides is 1. The van der Waals surface area contributed by atoms with Gasteiger partial charge in [-0.05, 0) is 25.1 Å². The Balaban J connectivity index is 4.09. The number of hydrogen-bond acceptors (Lipinski definition) is 5. The summed E-state index contributed by atoms with van der Waals surface area (Å²) in [4.78, 5) is 22.3. The maximum absolute atomic E-state index is 11.2. The molecule has 5 nitrogen and oxygen atoms in total. The molecular weight excluding hydrogens is 216 g/mol.